The number of hydrogen-bond acceptors (Lipinski definition) is 3. The second-order valence-electron chi connectivity index (χ2n) is 4.18. The summed E-state index contributed by atoms with van der Waals surface area (Å²) < 4.78 is 18.2. The molecule has 0 spiro atoms. The highest BCUT2D eigenvalue weighted by Crippen LogP contribution is 2.12. The summed E-state index contributed by atoms with van der Waals surface area (Å²) in [5.41, 5.74) is 2.00. The van der Waals surface area contributed by atoms with Crippen LogP contribution in [-0.4, -0.2) is 11.5 Å². The van der Waals surface area contributed by atoms with Crippen molar-refractivity contribution in [2.75, 3.05) is 6.54 Å². The lowest BCUT2D eigenvalue weighted by Gasteiger charge is -2.06. The molecule has 0 unspecified atom stereocenters. The van der Waals surface area contributed by atoms with E-state index in [1.807, 2.05) is 18.3 Å². The number of pyridine rings is 1. The van der Waals surface area contributed by atoms with Crippen LogP contribution in [0.2, 0.25) is 0 Å². The molecule has 0 saturated heterocycles. The van der Waals surface area contributed by atoms with Crippen molar-refractivity contribution in [2.24, 2.45) is 0 Å². The van der Waals surface area contributed by atoms with E-state index in [4.69, 9.17) is 4.74 Å². The van der Waals surface area contributed by atoms with Crippen molar-refractivity contribution >= 4 is 0 Å². The Labute approximate surface area is 112 Å². The van der Waals surface area contributed by atoms with E-state index in [-0.39, 0.29) is 5.82 Å². The fraction of sp³-hybridized carbons (Fsp3) is 0.267. The Hall–Kier alpha value is -1.94. The minimum Gasteiger partial charge on any atom is -0.487 e. The maximum absolute atomic E-state index is 12.7. The number of nitrogens with zero attached hydrogens (tertiary/aromatic N) is 1. The molecule has 2 aromatic rings. The molecule has 1 aromatic carbocycles. The molecule has 0 fully saturated rings. The highest BCUT2D eigenvalue weighted by molar-refractivity contribution is 5.22. The van der Waals surface area contributed by atoms with Gasteiger partial charge in [0.25, 0.3) is 0 Å². The van der Waals surface area contributed by atoms with Crippen LogP contribution in [0.4, 0.5) is 4.39 Å². The van der Waals surface area contributed by atoms with E-state index in [1.54, 1.807) is 12.1 Å². The average Bonchev–Trinajstić information content (AvgIpc) is 2.46. The summed E-state index contributed by atoms with van der Waals surface area (Å²) in [6.07, 6.45) is 1.84. The molecule has 19 heavy (non-hydrogen) atoms. The van der Waals surface area contributed by atoms with Gasteiger partial charge >= 0.3 is 0 Å². The van der Waals surface area contributed by atoms with Crippen molar-refractivity contribution in [3.63, 3.8) is 0 Å². The van der Waals surface area contributed by atoms with E-state index in [0.29, 0.717) is 12.4 Å². The number of ether oxygens (including phenoxy) is 1. The van der Waals surface area contributed by atoms with Gasteiger partial charge in [-0.25, -0.2) is 4.39 Å². The van der Waals surface area contributed by atoms with Crippen LogP contribution >= 0.6 is 0 Å². The predicted molar refractivity (Wildman–Crippen MR) is 72.3 cm³/mol. The lowest BCUT2D eigenvalue weighted by molar-refractivity contribution is 0.301. The molecule has 0 saturated carbocycles. The van der Waals surface area contributed by atoms with Crippen LogP contribution in [0, 0.1) is 5.82 Å². The normalized spacial score (nSPS) is 10.4. The first-order chi connectivity index (χ1) is 9.28. The first-order valence-corrected chi connectivity index (χ1v) is 6.31. The fourth-order valence-corrected chi connectivity index (χ4v) is 1.60. The molecule has 0 amide bonds. The molecule has 3 nitrogen and oxygen atoms in total. The van der Waals surface area contributed by atoms with Gasteiger partial charge in [0.05, 0.1) is 5.69 Å². The van der Waals surface area contributed by atoms with Gasteiger partial charge in [0.2, 0.25) is 0 Å². The molecule has 1 aromatic heterocycles. The van der Waals surface area contributed by atoms with Crippen LogP contribution in [0.25, 0.3) is 0 Å². The lowest BCUT2D eigenvalue weighted by atomic mass is 10.2. The van der Waals surface area contributed by atoms with Gasteiger partial charge in [-0.3, -0.25) is 4.98 Å². The molecule has 4 heteroatoms. The van der Waals surface area contributed by atoms with Gasteiger partial charge in [-0.05, 0) is 42.4 Å². The zero-order valence-electron chi connectivity index (χ0n) is 10.9. The molecular formula is C15H17FN2O. The van der Waals surface area contributed by atoms with Crippen LogP contribution in [0.5, 0.6) is 5.75 Å². The Morgan fingerprint density at radius 2 is 1.95 bits per heavy atom. The van der Waals surface area contributed by atoms with Crippen molar-refractivity contribution in [3.8, 4) is 5.75 Å². The predicted octanol–water partition coefficient (Wildman–Crippen LogP) is 2.91. The first kappa shape index (κ1) is 13.5. The summed E-state index contributed by atoms with van der Waals surface area (Å²) in [5, 5.41) is 3.24. The quantitative estimate of drug-likeness (QED) is 0.867. The topological polar surface area (TPSA) is 34.1 Å². The van der Waals surface area contributed by atoms with Crippen LogP contribution < -0.4 is 10.1 Å². The van der Waals surface area contributed by atoms with Crippen LogP contribution in [0.1, 0.15) is 18.2 Å². The standard InChI is InChI=1S/C15H17FN2O/c1-2-17-9-12-3-6-14(18-10-12)11-19-15-7-4-13(16)5-8-15/h3-8,10,17H,2,9,11H2,1H3. The van der Waals surface area contributed by atoms with Crippen LogP contribution in [0.3, 0.4) is 0 Å². The van der Waals surface area contributed by atoms with Crippen molar-refractivity contribution in [3.05, 3.63) is 59.7 Å². The summed E-state index contributed by atoms with van der Waals surface area (Å²) >= 11 is 0. The number of nitrogens with one attached hydrogen (secondary N) is 1. The van der Waals surface area contributed by atoms with E-state index >= 15 is 0 Å². The van der Waals surface area contributed by atoms with Gasteiger partial charge in [-0.1, -0.05) is 13.0 Å². The highest BCUT2D eigenvalue weighted by Gasteiger charge is 1.99. The van der Waals surface area contributed by atoms with Gasteiger partial charge < -0.3 is 10.1 Å². The molecule has 0 aliphatic rings. The molecule has 100 valence electrons. The third-order valence-corrected chi connectivity index (χ3v) is 2.67. The Kier molecular flexibility index (Phi) is 4.86. The third kappa shape index (κ3) is 4.34. The van der Waals surface area contributed by atoms with Crippen LogP contribution in [0.15, 0.2) is 42.6 Å². The summed E-state index contributed by atoms with van der Waals surface area (Å²) in [4.78, 5) is 4.33. The third-order valence-electron chi connectivity index (χ3n) is 2.67. The number of aromatic nitrogens is 1. The Morgan fingerprint density at radius 3 is 2.58 bits per heavy atom. The van der Waals surface area contributed by atoms with E-state index in [2.05, 4.69) is 17.2 Å². The number of rotatable bonds is 6. The van der Waals surface area contributed by atoms with Gasteiger partial charge in [0.15, 0.2) is 0 Å². The Bertz CT molecular complexity index is 497. The lowest BCUT2D eigenvalue weighted by Crippen LogP contribution is -2.12. The van der Waals surface area contributed by atoms with E-state index in [0.717, 1.165) is 24.3 Å². The monoisotopic (exact) mass is 260 g/mol. The smallest absolute Gasteiger partial charge is 0.130 e. The summed E-state index contributed by atoms with van der Waals surface area (Å²) in [6.45, 7) is 4.21. The maximum Gasteiger partial charge on any atom is 0.130 e. The van der Waals surface area contributed by atoms with Crippen LogP contribution in [-0.2, 0) is 13.2 Å². The maximum atomic E-state index is 12.7. The zero-order chi connectivity index (χ0) is 13.5. The number of halogens is 1. The second-order valence-corrected chi connectivity index (χ2v) is 4.18. The van der Waals surface area contributed by atoms with Crippen molar-refractivity contribution < 1.29 is 9.13 Å². The summed E-state index contributed by atoms with van der Waals surface area (Å²) in [6, 6.07) is 9.93. The molecule has 0 aliphatic heterocycles. The molecule has 1 heterocycles. The van der Waals surface area contributed by atoms with Gasteiger partial charge in [-0.15, -0.1) is 0 Å². The molecule has 0 aliphatic carbocycles. The van der Waals surface area contributed by atoms with E-state index in [1.165, 1.54) is 12.1 Å². The summed E-state index contributed by atoms with van der Waals surface area (Å²) in [5.74, 6) is 0.373. The van der Waals surface area contributed by atoms with Gasteiger partial charge in [0.1, 0.15) is 18.2 Å². The average molecular weight is 260 g/mol. The van der Waals surface area contributed by atoms with E-state index in [9.17, 15) is 4.39 Å². The first-order valence-electron chi connectivity index (χ1n) is 6.31. The summed E-state index contributed by atoms with van der Waals surface area (Å²) in [7, 11) is 0. The minimum absolute atomic E-state index is 0.266. The molecule has 0 atom stereocenters. The second kappa shape index (κ2) is 6.85. The largest absolute Gasteiger partial charge is 0.487 e. The fourth-order valence-electron chi connectivity index (χ4n) is 1.60. The zero-order valence-corrected chi connectivity index (χ0v) is 10.9. The molecule has 2 rings (SSSR count). The van der Waals surface area contributed by atoms with Crippen molar-refractivity contribution in [2.45, 2.75) is 20.1 Å². The van der Waals surface area contributed by atoms with Gasteiger partial charge in [0, 0.05) is 12.7 Å². The van der Waals surface area contributed by atoms with Crippen molar-refractivity contribution in [1.29, 1.82) is 0 Å². The Morgan fingerprint density at radius 1 is 1.16 bits per heavy atom. The highest BCUT2D eigenvalue weighted by atomic mass is 19.1. The van der Waals surface area contributed by atoms with E-state index < -0.39 is 0 Å². The number of hydrogen-bond donors (Lipinski definition) is 1. The van der Waals surface area contributed by atoms with Crippen molar-refractivity contribution in [1.82, 2.24) is 10.3 Å². The molecule has 0 radical (unpaired) electrons. The van der Waals surface area contributed by atoms with Gasteiger partial charge in [-0.2, -0.15) is 0 Å². The molecule has 0 bridgehead atoms. The molecular weight excluding hydrogens is 243 g/mol. The Balaban J connectivity index is 1.87. The number of benzene rings is 1. The molecule has 1 N–H and O–H groups in total. The SMILES string of the molecule is CCNCc1ccc(COc2ccc(F)cc2)nc1. The minimum atomic E-state index is -0.266.